The van der Waals surface area contributed by atoms with Crippen molar-refractivity contribution in [3.05, 3.63) is 68.4 Å². The number of carbonyl (C=O) groups excluding carboxylic acids is 2. The zero-order valence-corrected chi connectivity index (χ0v) is 22.1. The molecule has 2 amide bonds. The van der Waals surface area contributed by atoms with Crippen LogP contribution in [0, 0.1) is 12.8 Å². The first-order chi connectivity index (χ1) is 16.1. The van der Waals surface area contributed by atoms with Gasteiger partial charge in [-0.05, 0) is 48.7 Å². The number of nitrogens with one attached hydrogen (secondary N) is 2. The molecular weight excluding hydrogens is 517 g/mol. The molecule has 0 saturated heterocycles. The van der Waals surface area contributed by atoms with Gasteiger partial charge in [-0.2, -0.15) is 0 Å². The van der Waals surface area contributed by atoms with Gasteiger partial charge < -0.3 is 15.2 Å². The molecule has 0 unspecified atom stereocenters. The number of aryl methyl sites for hydroxylation is 1. The summed E-state index contributed by atoms with van der Waals surface area (Å²) in [4.78, 5) is 25.2. The van der Waals surface area contributed by atoms with E-state index < -0.39 is 6.04 Å². The summed E-state index contributed by atoms with van der Waals surface area (Å²) in [5.74, 6) is 0.256. The van der Waals surface area contributed by atoms with Crippen molar-refractivity contribution in [3.63, 3.8) is 0 Å². The minimum absolute atomic E-state index is 0.0297. The Morgan fingerprint density at radius 1 is 1.03 bits per heavy atom. The summed E-state index contributed by atoms with van der Waals surface area (Å²) in [7, 11) is 1.80. The summed E-state index contributed by atoms with van der Waals surface area (Å²) >= 11 is 19.4. The Labute approximate surface area is 217 Å². The molecule has 0 fully saturated rings. The summed E-state index contributed by atoms with van der Waals surface area (Å²) in [5, 5.41) is 16.1. The van der Waals surface area contributed by atoms with Gasteiger partial charge in [-0.3, -0.25) is 9.59 Å². The van der Waals surface area contributed by atoms with E-state index in [2.05, 4.69) is 20.8 Å². The van der Waals surface area contributed by atoms with Crippen molar-refractivity contribution in [2.45, 2.75) is 32.0 Å². The van der Waals surface area contributed by atoms with Crippen molar-refractivity contribution < 1.29 is 9.59 Å². The predicted octanol–water partition coefficient (Wildman–Crippen LogP) is 5.94. The van der Waals surface area contributed by atoms with Crippen LogP contribution in [0.3, 0.4) is 0 Å². The molecule has 34 heavy (non-hydrogen) atoms. The van der Waals surface area contributed by atoms with Crippen molar-refractivity contribution >= 4 is 64.1 Å². The van der Waals surface area contributed by atoms with Crippen LogP contribution in [0.5, 0.6) is 0 Å². The van der Waals surface area contributed by atoms with E-state index in [0.29, 0.717) is 37.3 Å². The van der Waals surface area contributed by atoms with Crippen LogP contribution in [-0.2, 0) is 11.8 Å². The van der Waals surface area contributed by atoms with Crippen molar-refractivity contribution in [1.82, 2.24) is 20.1 Å². The second-order valence-corrected chi connectivity index (χ2v) is 10.2. The lowest BCUT2D eigenvalue weighted by Gasteiger charge is -2.22. The number of hydrogen-bond acceptors (Lipinski definition) is 5. The van der Waals surface area contributed by atoms with Gasteiger partial charge in [-0.1, -0.05) is 66.5 Å². The van der Waals surface area contributed by atoms with E-state index in [0.717, 1.165) is 5.56 Å². The fraction of sp³-hybridized carbons (Fsp3) is 0.304. The molecule has 0 radical (unpaired) electrons. The van der Waals surface area contributed by atoms with Crippen LogP contribution < -0.4 is 10.6 Å². The number of anilines is 1. The van der Waals surface area contributed by atoms with Gasteiger partial charge in [0, 0.05) is 23.3 Å². The first-order valence-corrected chi connectivity index (χ1v) is 12.5. The molecule has 1 heterocycles. The lowest BCUT2D eigenvalue weighted by molar-refractivity contribution is -0.113. The Hall–Kier alpha value is -2.26. The lowest BCUT2D eigenvalue weighted by Crippen LogP contribution is -2.33. The van der Waals surface area contributed by atoms with E-state index in [4.69, 9.17) is 34.8 Å². The minimum atomic E-state index is -0.405. The fourth-order valence-corrected chi connectivity index (χ4v) is 4.31. The van der Waals surface area contributed by atoms with Gasteiger partial charge in [-0.15, -0.1) is 10.2 Å². The molecule has 2 aromatic carbocycles. The average molecular weight is 541 g/mol. The summed E-state index contributed by atoms with van der Waals surface area (Å²) in [6, 6.07) is 9.66. The molecule has 0 spiro atoms. The van der Waals surface area contributed by atoms with E-state index in [1.165, 1.54) is 17.8 Å². The van der Waals surface area contributed by atoms with E-state index in [-0.39, 0.29) is 23.5 Å². The molecule has 2 N–H and O–H groups in total. The summed E-state index contributed by atoms with van der Waals surface area (Å²) in [5.41, 5.74) is 1.96. The molecule has 0 saturated carbocycles. The normalized spacial score (nSPS) is 12.0. The number of halogens is 3. The number of amides is 2. The van der Waals surface area contributed by atoms with Gasteiger partial charge >= 0.3 is 0 Å². The molecular formula is C23H24Cl3N5O2S. The summed E-state index contributed by atoms with van der Waals surface area (Å²) < 4.78 is 1.78. The monoisotopic (exact) mass is 539 g/mol. The van der Waals surface area contributed by atoms with Crippen LogP contribution in [0.15, 0.2) is 41.6 Å². The molecule has 0 aliphatic carbocycles. The Morgan fingerprint density at radius 2 is 1.76 bits per heavy atom. The topological polar surface area (TPSA) is 88.9 Å². The molecule has 11 heteroatoms. The second kappa shape index (κ2) is 11.4. The molecule has 0 aliphatic heterocycles. The maximum atomic E-state index is 12.8. The van der Waals surface area contributed by atoms with Crippen LogP contribution in [0.2, 0.25) is 15.1 Å². The maximum Gasteiger partial charge on any atom is 0.251 e. The molecule has 180 valence electrons. The maximum absolute atomic E-state index is 12.8. The highest BCUT2D eigenvalue weighted by molar-refractivity contribution is 7.99. The quantitative estimate of drug-likeness (QED) is 0.345. The number of nitrogens with zero attached hydrogens (tertiary/aromatic N) is 3. The van der Waals surface area contributed by atoms with E-state index >= 15 is 0 Å². The predicted molar refractivity (Wildman–Crippen MR) is 138 cm³/mol. The smallest absolute Gasteiger partial charge is 0.251 e. The fourth-order valence-electron chi connectivity index (χ4n) is 3.11. The molecule has 3 aromatic rings. The Bertz CT molecular complexity index is 1220. The molecule has 3 rings (SSSR count). The minimum Gasteiger partial charge on any atom is -0.342 e. The average Bonchev–Trinajstić information content (AvgIpc) is 3.14. The molecule has 7 nitrogen and oxygen atoms in total. The number of thioether (sulfide) groups is 1. The zero-order chi connectivity index (χ0) is 25.0. The third-order valence-corrected chi connectivity index (χ3v) is 7.24. The van der Waals surface area contributed by atoms with Crippen molar-refractivity contribution in [2.24, 2.45) is 13.0 Å². The van der Waals surface area contributed by atoms with Gasteiger partial charge in [0.15, 0.2) is 11.0 Å². The van der Waals surface area contributed by atoms with Crippen LogP contribution in [0.25, 0.3) is 0 Å². The first kappa shape index (κ1) is 26.3. The number of carbonyl (C=O) groups is 2. The number of hydrogen-bond donors (Lipinski definition) is 2. The molecule has 1 aromatic heterocycles. The third-order valence-electron chi connectivity index (χ3n) is 5.07. The Balaban J connectivity index is 1.67. The second-order valence-electron chi connectivity index (χ2n) is 8.02. The van der Waals surface area contributed by atoms with E-state index in [1.54, 1.807) is 35.9 Å². The van der Waals surface area contributed by atoms with Gasteiger partial charge in [0.1, 0.15) is 0 Å². The van der Waals surface area contributed by atoms with Crippen molar-refractivity contribution in [1.29, 1.82) is 0 Å². The largest absolute Gasteiger partial charge is 0.342 e. The Kier molecular flexibility index (Phi) is 8.87. The van der Waals surface area contributed by atoms with E-state index in [9.17, 15) is 9.59 Å². The third kappa shape index (κ3) is 6.44. The van der Waals surface area contributed by atoms with Crippen molar-refractivity contribution in [3.8, 4) is 0 Å². The number of benzene rings is 2. The molecule has 1 atom stereocenters. The molecule has 0 aliphatic rings. The van der Waals surface area contributed by atoms with E-state index in [1.807, 2.05) is 26.8 Å². The highest BCUT2D eigenvalue weighted by atomic mass is 35.5. The van der Waals surface area contributed by atoms with Gasteiger partial charge in [-0.25, -0.2) is 0 Å². The van der Waals surface area contributed by atoms with Crippen LogP contribution in [-0.4, -0.2) is 32.3 Å². The highest BCUT2D eigenvalue weighted by Crippen LogP contribution is 2.27. The first-order valence-electron chi connectivity index (χ1n) is 10.4. The standard InChI is InChI=1S/C23H24Cl3N5O2S/c1-12(2)20(28-22(33)14-6-8-16(24)18(26)9-14)21-29-30-23(31(21)4)34-11-19(32)27-15-7-5-13(3)17(25)10-15/h5-10,12,20H,11H2,1-4H3,(H,27,32)(H,28,33)/t20-/m1/s1. The molecule has 0 bridgehead atoms. The SMILES string of the molecule is Cc1ccc(NC(=O)CSc2nnc([C@H](NC(=O)c3ccc(Cl)c(Cl)c3)C(C)C)n2C)cc1Cl. The van der Waals surface area contributed by atoms with Gasteiger partial charge in [0.2, 0.25) is 5.91 Å². The highest BCUT2D eigenvalue weighted by Gasteiger charge is 2.25. The number of aromatic nitrogens is 3. The van der Waals surface area contributed by atoms with Crippen LogP contribution in [0.1, 0.15) is 41.6 Å². The van der Waals surface area contributed by atoms with Crippen LogP contribution in [0.4, 0.5) is 5.69 Å². The summed E-state index contributed by atoms with van der Waals surface area (Å²) in [6.45, 7) is 5.84. The zero-order valence-electron chi connectivity index (χ0n) is 19.0. The van der Waals surface area contributed by atoms with Crippen LogP contribution >= 0.6 is 46.6 Å². The number of rotatable bonds is 8. The van der Waals surface area contributed by atoms with Gasteiger partial charge in [0.25, 0.3) is 5.91 Å². The van der Waals surface area contributed by atoms with Crippen molar-refractivity contribution in [2.75, 3.05) is 11.1 Å². The van der Waals surface area contributed by atoms with Gasteiger partial charge in [0.05, 0.1) is 21.8 Å². The lowest BCUT2D eigenvalue weighted by atomic mass is 10.0. The summed E-state index contributed by atoms with van der Waals surface area (Å²) in [6.07, 6.45) is 0. The Morgan fingerprint density at radius 3 is 2.41 bits per heavy atom.